The summed E-state index contributed by atoms with van der Waals surface area (Å²) in [5.41, 5.74) is 1.33. The molecule has 0 aliphatic heterocycles. The Balaban J connectivity index is 1.69. The molecule has 0 heterocycles. The molecular formula is C16H22N2OS. The standard InChI is InChI=1S/C16H22N2OS/c1-19-20-16-11-6-5-10-15(16)18-13-7-12-17-14-8-3-2-4-9-14/h2-3,5-6,8,10-11,13,15-17H,4,7,9,12H2,1H3/b18-13+. The Morgan fingerprint density at radius 2 is 2.30 bits per heavy atom. The lowest BCUT2D eigenvalue weighted by molar-refractivity contribution is 0.484. The van der Waals surface area contributed by atoms with Crippen LogP contribution in [-0.4, -0.2) is 31.2 Å². The fourth-order valence-corrected chi connectivity index (χ4v) is 2.80. The number of hydrogen-bond donors (Lipinski definition) is 1. The van der Waals surface area contributed by atoms with Crippen LogP contribution in [0.2, 0.25) is 0 Å². The molecule has 0 amide bonds. The van der Waals surface area contributed by atoms with Gasteiger partial charge in [-0.3, -0.25) is 4.99 Å². The van der Waals surface area contributed by atoms with Gasteiger partial charge >= 0.3 is 0 Å². The molecule has 4 heteroatoms. The third-order valence-electron chi connectivity index (χ3n) is 3.18. The van der Waals surface area contributed by atoms with Gasteiger partial charge in [0.25, 0.3) is 0 Å². The third kappa shape index (κ3) is 5.02. The SMILES string of the molecule is COSC1C=CC=CC1/N=C/CCNC1=CC=CCC1. The smallest absolute Gasteiger partial charge is 0.0855 e. The first-order chi connectivity index (χ1) is 9.90. The van der Waals surface area contributed by atoms with E-state index in [9.17, 15) is 0 Å². The van der Waals surface area contributed by atoms with Crippen molar-refractivity contribution in [1.82, 2.24) is 5.32 Å². The zero-order valence-electron chi connectivity index (χ0n) is 11.9. The van der Waals surface area contributed by atoms with E-state index < -0.39 is 0 Å². The summed E-state index contributed by atoms with van der Waals surface area (Å²) >= 11 is 1.46. The van der Waals surface area contributed by atoms with Crippen LogP contribution in [0.25, 0.3) is 0 Å². The third-order valence-corrected chi connectivity index (χ3v) is 4.03. The Morgan fingerprint density at radius 1 is 1.40 bits per heavy atom. The van der Waals surface area contributed by atoms with Crippen LogP contribution in [-0.2, 0) is 4.18 Å². The fraction of sp³-hybridized carbons (Fsp3) is 0.438. The Morgan fingerprint density at radius 3 is 3.10 bits per heavy atom. The number of allylic oxidation sites excluding steroid dienone is 6. The molecule has 0 aromatic rings. The Hall–Kier alpha value is -1.26. The van der Waals surface area contributed by atoms with Crippen LogP contribution in [0, 0.1) is 0 Å². The summed E-state index contributed by atoms with van der Waals surface area (Å²) in [6, 6.07) is 0.182. The number of nitrogens with one attached hydrogen (secondary N) is 1. The van der Waals surface area contributed by atoms with Crippen molar-refractivity contribution in [2.45, 2.75) is 30.6 Å². The summed E-state index contributed by atoms with van der Waals surface area (Å²) in [5.74, 6) is 0. The van der Waals surface area contributed by atoms with E-state index in [2.05, 4.69) is 40.7 Å². The Labute approximate surface area is 125 Å². The van der Waals surface area contributed by atoms with E-state index in [0.29, 0.717) is 0 Å². The van der Waals surface area contributed by atoms with Gasteiger partial charge in [0, 0.05) is 30.5 Å². The monoisotopic (exact) mass is 290 g/mol. The molecule has 0 aromatic heterocycles. The average Bonchev–Trinajstić information content (AvgIpc) is 2.50. The van der Waals surface area contributed by atoms with Crippen LogP contribution >= 0.6 is 12.0 Å². The lowest BCUT2D eigenvalue weighted by Gasteiger charge is -2.18. The van der Waals surface area contributed by atoms with Gasteiger partial charge in [0.1, 0.15) is 0 Å². The van der Waals surface area contributed by atoms with Gasteiger partial charge in [-0.25, -0.2) is 0 Å². The lowest BCUT2D eigenvalue weighted by atomic mass is 10.1. The highest BCUT2D eigenvalue weighted by Crippen LogP contribution is 2.22. The zero-order chi connectivity index (χ0) is 14.0. The molecule has 0 fully saturated rings. The minimum Gasteiger partial charge on any atom is -0.388 e. The van der Waals surface area contributed by atoms with Crippen molar-refractivity contribution in [3.8, 4) is 0 Å². The molecule has 108 valence electrons. The van der Waals surface area contributed by atoms with Gasteiger partial charge in [-0.05, 0) is 25.3 Å². The molecular weight excluding hydrogens is 268 g/mol. The first-order valence-corrected chi connectivity index (χ1v) is 7.86. The summed E-state index contributed by atoms with van der Waals surface area (Å²) in [6.07, 6.45) is 20.0. The Bertz CT molecular complexity index is 438. The molecule has 0 saturated carbocycles. The molecule has 2 aliphatic carbocycles. The first kappa shape index (κ1) is 15.1. The maximum atomic E-state index is 5.15. The van der Waals surface area contributed by atoms with Gasteiger partial charge in [0.2, 0.25) is 0 Å². The van der Waals surface area contributed by atoms with Crippen LogP contribution in [0.3, 0.4) is 0 Å². The van der Waals surface area contributed by atoms with Crippen LogP contribution < -0.4 is 5.32 Å². The van der Waals surface area contributed by atoms with Crippen molar-refractivity contribution in [1.29, 1.82) is 0 Å². The van der Waals surface area contributed by atoms with Crippen molar-refractivity contribution < 1.29 is 4.18 Å². The van der Waals surface area contributed by atoms with Gasteiger partial charge in [0.05, 0.1) is 18.4 Å². The van der Waals surface area contributed by atoms with Gasteiger partial charge in [-0.2, -0.15) is 0 Å². The van der Waals surface area contributed by atoms with Crippen molar-refractivity contribution in [3.63, 3.8) is 0 Å². The first-order valence-electron chi connectivity index (χ1n) is 7.06. The molecule has 2 unspecified atom stereocenters. The van der Waals surface area contributed by atoms with Crippen LogP contribution in [0.1, 0.15) is 19.3 Å². The largest absolute Gasteiger partial charge is 0.388 e. The molecule has 0 radical (unpaired) electrons. The van der Waals surface area contributed by atoms with E-state index in [0.717, 1.165) is 25.8 Å². The second-order valence-electron chi connectivity index (χ2n) is 4.69. The van der Waals surface area contributed by atoms with Crippen molar-refractivity contribution in [2.24, 2.45) is 4.99 Å². The number of rotatable bonds is 7. The highest BCUT2D eigenvalue weighted by molar-refractivity contribution is 7.95. The van der Waals surface area contributed by atoms with Gasteiger partial charge in [0.15, 0.2) is 0 Å². The van der Waals surface area contributed by atoms with Gasteiger partial charge in [-0.15, -0.1) is 0 Å². The number of aliphatic imine (C=N–C) groups is 1. The average molecular weight is 290 g/mol. The van der Waals surface area contributed by atoms with Crippen LogP contribution in [0.4, 0.5) is 0 Å². The minimum absolute atomic E-state index is 0.182. The van der Waals surface area contributed by atoms with Crippen molar-refractivity contribution in [3.05, 3.63) is 48.2 Å². The minimum atomic E-state index is 0.182. The molecule has 0 spiro atoms. The van der Waals surface area contributed by atoms with E-state index >= 15 is 0 Å². The second kappa shape index (κ2) is 8.82. The van der Waals surface area contributed by atoms with E-state index in [4.69, 9.17) is 4.18 Å². The summed E-state index contributed by atoms with van der Waals surface area (Å²) in [6.45, 7) is 0.942. The van der Waals surface area contributed by atoms with E-state index in [1.165, 1.54) is 17.7 Å². The maximum Gasteiger partial charge on any atom is 0.0855 e. The predicted molar refractivity (Wildman–Crippen MR) is 88.0 cm³/mol. The van der Waals surface area contributed by atoms with E-state index in [1.807, 2.05) is 18.4 Å². The van der Waals surface area contributed by atoms with E-state index in [-0.39, 0.29) is 11.3 Å². The maximum absolute atomic E-state index is 5.15. The summed E-state index contributed by atoms with van der Waals surface area (Å²) < 4.78 is 5.15. The van der Waals surface area contributed by atoms with Gasteiger partial charge in [-0.1, -0.05) is 36.5 Å². The van der Waals surface area contributed by atoms with Gasteiger partial charge < -0.3 is 9.50 Å². The lowest BCUT2D eigenvalue weighted by Crippen LogP contribution is -2.20. The zero-order valence-corrected chi connectivity index (χ0v) is 12.7. The summed E-state index contributed by atoms with van der Waals surface area (Å²) in [5, 5.41) is 3.73. The normalized spacial score (nSPS) is 25.1. The predicted octanol–water partition coefficient (Wildman–Crippen LogP) is 3.43. The summed E-state index contributed by atoms with van der Waals surface area (Å²) in [7, 11) is 1.70. The molecule has 2 aliphatic rings. The number of hydrogen-bond acceptors (Lipinski definition) is 4. The highest BCUT2D eigenvalue weighted by atomic mass is 32.2. The van der Waals surface area contributed by atoms with Crippen molar-refractivity contribution >= 4 is 18.3 Å². The molecule has 0 aromatic carbocycles. The Kier molecular flexibility index (Phi) is 6.68. The molecule has 2 rings (SSSR count). The molecule has 0 bridgehead atoms. The highest BCUT2D eigenvalue weighted by Gasteiger charge is 2.17. The second-order valence-corrected chi connectivity index (χ2v) is 5.76. The molecule has 0 saturated heterocycles. The van der Waals surface area contributed by atoms with Crippen LogP contribution in [0.5, 0.6) is 0 Å². The quantitative estimate of drug-likeness (QED) is 0.443. The van der Waals surface area contributed by atoms with Crippen molar-refractivity contribution in [2.75, 3.05) is 13.7 Å². The summed E-state index contributed by atoms with van der Waals surface area (Å²) in [4.78, 5) is 4.63. The number of nitrogens with zero attached hydrogens (tertiary/aromatic N) is 1. The van der Waals surface area contributed by atoms with Crippen LogP contribution in [0.15, 0.2) is 53.2 Å². The molecule has 2 atom stereocenters. The molecule has 20 heavy (non-hydrogen) atoms. The van der Waals surface area contributed by atoms with E-state index in [1.54, 1.807) is 7.11 Å². The molecule has 3 nitrogen and oxygen atoms in total. The topological polar surface area (TPSA) is 33.6 Å². The fourth-order valence-electron chi connectivity index (χ4n) is 2.15. The molecule has 1 N–H and O–H groups in total.